The second kappa shape index (κ2) is 8.77. The standard InChI is InChI=1S/C14H21N3O4.ClH/c1-11-10-15-5-6-16(11)7-8-21-14-4-3-12(20-2)9-13(14)17(18)19;/h3-4,9,11,15H,5-8,10H2,1-2H3;1H/t11-;/m0./s1. The number of nitro benzene ring substituents is 1. The van der Waals surface area contributed by atoms with Crippen LogP contribution >= 0.6 is 12.4 Å². The maximum atomic E-state index is 11.1. The first-order chi connectivity index (χ1) is 10.1. The van der Waals surface area contributed by atoms with Crippen molar-refractivity contribution >= 4 is 18.1 Å². The van der Waals surface area contributed by atoms with Crippen molar-refractivity contribution in [1.29, 1.82) is 0 Å². The molecule has 1 aliphatic rings. The molecule has 0 radical (unpaired) electrons. The zero-order valence-corrected chi connectivity index (χ0v) is 13.6. The van der Waals surface area contributed by atoms with Crippen LogP contribution in [0.3, 0.4) is 0 Å². The van der Waals surface area contributed by atoms with Gasteiger partial charge < -0.3 is 14.8 Å². The molecule has 1 atom stereocenters. The second-order valence-corrected chi connectivity index (χ2v) is 5.03. The first-order valence-corrected chi connectivity index (χ1v) is 7.02. The molecule has 1 N–H and O–H groups in total. The minimum absolute atomic E-state index is 0. The highest BCUT2D eigenvalue weighted by Gasteiger charge is 2.19. The van der Waals surface area contributed by atoms with Crippen molar-refractivity contribution in [3.8, 4) is 11.5 Å². The minimum atomic E-state index is -0.453. The number of nitrogens with zero attached hydrogens (tertiary/aromatic N) is 2. The van der Waals surface area contributed by atoms with E-state index in [0.29, 0.717) is 18.4 Å². The van der Waals surface area contributed by atoms with E-state index in [-0.39, 0.29) is 23.8 Å². The molecule has 22 heavy (non-hydrogen) atoms. The Hall–Kier alpha value is -1.57. The molecule has 1 aromatic rings. The topological polar surface area (TPSA) is 76.9 Å². The van der Waals surface area contributed by atoms with Gasteiger partial charge in [0, 0.05) is 32.2 Å². The molecule has 1 aromatic carbocycles. The molecule has 0 saturated carbocycles. The minimum Gasteiger partial charge on any atom is -0.496 e. The van der Waals surface area contributed by atoms with Crippen molar-refractivity contribution in [3.05, 3.63) is 28.3 Å². The molecule has 0 bridgehead atoms. The van der Waals surface area contributed by atoms with Crippen LogP contribution in [0.2, 0.25) is 0 Å². The number of benzene rings is 1. The molecule has 124 valence electrons. The molecule has 8 heteroatoms. The molecule has 0 aliphatic carbocycles. The average molecular weight is 332 g/mol. The van der Waals surface area contributed by atoms with E-state index >= 15 is 0 Å². The number of rotatable bonds is 6. The number of hydrogen-bond acceptors (Lipinski definition) is 6. The number of ether oxygens (including phenoxy) is 2. The highest BCUT2D eigenvalue weighted by atomic mass is 35.5. The SMILES string of the molecule is COc1ccc(OCCN2CCNC[C@@H]2C)c([N+](=O)[O-])c1.Cl. The Labute approximate surface area is 136 Å². The van der Waals surface area contributed by atoms with Gasteiger partial charge in [0.2, 0.25) is 0 Å². The van der Waals surface area contributed by atoms with Gasteiger partial charge in [-0.25, -0.2) is 0 Å². The zero-order valence-electron chi connectivity index (χ0n) is 12.8. The third kappa shape index (κ3) is 4.72. The normalized spacial score (nSPS) is 18.4. The van der Waals surface area contributed by atoms with E-state index in [1.165, 1.54) is 13.2 Å². The summed E-state index contributed by atoms with van der Waals surface area (Å²) < 4.78 is 10.6. The van der Waals surface area contributed by atoms with Gasteiger partial charge in [0.1, 0.15) is 12.4 Å². The summed E-state index contributed by atoms with van der Waals surface area (Å²) in [7, 11) is 1.48. The molecular formula is C14H22ClN3O4. The fourth-order valence-electron chi connectivity index (χ4n) is 2.38. The largest absolute Gasteiger partial charge is 0.496 e. The van der Waals surface area contributed by atoms with E-state index in [1.54, 1.807) is 12.1 Å². The van der Waals surface area contributed by atoms with Crippen LogP contribution in [0.15, 0.2) is 18.2 Å². The van der Waals surface area contributed by atoms with Gasteiger partial charge in [-0.3, -0.25) is 15.0 Å². The summed E-state index contributed by atoms with van der Waals surface area (Å²) >= 11 is 0. The molecular weight excluding hydrogens is 310 g/mol. The van der Waals surface area contributed by atoms with Gasteiger partial charge in [-0.1, -0.05) is 0 Å². The van der Waals surface area contributed by atoms with Crippen LogP contribution in [0.1, 0.15) is 6.92 Å². The van der Waals surface area contributed by atoms with E-state index < -0.39 is 4.92 Å². The Bertz CT molecular complexity index is 501. The van der Waals surface area contributed by atoms with Crippen molar-refractivity contribution in [3.63, 3.8) is 0 Å². The van der Waals surface area contributed by atoms with E-state index in [4.69, 9.17) is 9.47 Å². The maximum Gasteiger partial charge on any atom is 0.314 e. The highest BCUT2D eigenvalue weighted by molar-refractivity contribution is 5.85. The van der Waals surface area contributed by atoms with E-state index in [9.17, 15) is 10.1 Å². The van der Waals surface area contributed by atoms with Gasteiger partial charge in [-0.2, -0.15) is 0 Å². The lowest BCUT2D eigenvalue weighted by Gasteiger charge is -2.33. The Balaban J connectivity index is 0.00000242. The lowest BCUT2D eigenvalue weighted by Crippen LogP contribution is -2.50. The lowest BCUT2D eigenvalue weighted by atomic mass is 10.2. The highest BCUT2D eigenvalue weighted by Crippen LogP contribution is 2.30. The van der Waals surface area contributed by atoms with Gasteiger partial charge in [0.25, 0.3) is 0 Å². The summed E-state index contributed by atoms with van der Waals surface area (Å²) in [5.41, 5.74) is -0.0669. The van der Waals surface area contributed by atoms with Crippen molar-refractivity contribution < 1.29 is 14.4 Å². The molecule has 1 aliphatic heterocycles. The summed E-state index contributed by atoms with van der Waals surface area (Å²) in [5.74, 6) is 0.730. The molecule has 2 rings (SSSR count). The molecule has 1 heterocycles. The third-order valence-corrected chi connectivity index (χ3v) is 3.64. The van der Waals surface area contributed by atoms with Crippen molar-refractivity contribution in [2.75, 3.05) is 39.9 Å². The summed E-state index contributed by atoms with van der Waals surface area (Å²) in [6.07, 6.45) is 0. The van der Waals surface area contributed by atoms with Crippen molar-refractivity contribution in [2.24, 2.45) is 0 Å². The first-order valence-electron chi connectivity index (χ1n) is 7.02. The Kier molecular flexibility index (Phi) is 7.37. The second-order valence-electron chi connectivity index (χ2n) is 5.03. The predicted octanol–water partition coefficient (Wildman–Crippen LogP) is 1.70. The van der Waals surface area contributed by atoms with Crippen molar-refractivity contribution in [1.82, 2.24) is 10.2 Å². The lowest BCUT2D eigenvalue weighted by molar-refractivity contribution is -0.385. The van der Waals surface area contributed by atoms with Crippen LogP contribution in [0.5, 0.6) is 11.5 Å². The van der Waals surface area contributed by atoms with Gasteiger partial charge in [0.15, 0.2) is 5.75 Å². The molecule has 0 spiro atoms. The van der Waals surface area contributed by atoms with Crippen LogP contribution in [-0.4, -0.2) is 55.8 Å². The summed E-state index contributed by atoms with van der Waals surface area (Å²) in [6, 6.07) is 5.07. The monoisotopic (exact) mass is 331 g/mol. The molecule has 1 fully saturated rings. The third-order valence-electron chi connectivity index (χ3n) is 3.64. The zero-order chi connectivity index (χ0) is 15.2. The summed E-state index contributed by atoms with van der Waals surface area (Å²) in [4.78, 5) is 12.9. The molecule has 0 aromatic heterocycles. The fourth-order valence-corrected chi connectivity index (χ4v) is 2.38. The first kappa shape index (κ1) is 18.5. The van der Waals surface area contributed by atoms with Gasteiger partial charge in [-0.15, -0.1) is 12.4 Å². The summed E-state index contributed by atoms with van der Waals surface area (Å²) in [6.45, 7) is 6.23. The van der Waals surface area contributed by atoms with E-state index in [0.717, 1.165) is 26.2 Å². The number of nitrogens with one attached hydrogen (secondary N) is 1. The van der Waals surface area contributed by atoms with Gasteiger partial charge >= 0.3 is 5.69 Å². The number of piperazine rings is 1. The smallest absolute Gasteiger partial charge is 0.314 e. The fraction of sp³-hybridized carbons (Fsp3) is 0.571. The van der Waals surface area contributed by atoms with E-state index in [1.807, 2.05) is 0 Å². The molecule has 0 amide bonds. The van der Waals surface area contributed by atoms with E-state index in [2.05, 4.69) is 17.1 Å². The van der Waals surface area contributed by atoms with Crippen LogP contribution < -0.4 is 14.8 Å². The predicted molar refractivity (Wildman–Crippen MR) is 86.3 cm³/mol. The van der Waals surface area contributed by atoms with Crippen LogP contribution in [-0.2, 0) is 0 Å². The van der Waals surface area contributed by atoms with Crippen LogP contribution in [0, 0.1) is 10.1 Å². The average Bonchev–Trinajstić information content (AvgIpc) is 2.49. The number of methoxy groups -OCH3 is 1. The number of halogens is 1. The van der Waals surface area contributed by atoms with Gasteiger partial charge in [0.05, 0.1) is 18.1 Å². The maximum absolute atomic E-state index is 11.1. The molecule has 1 saturated heterocycles. The van der Waals surface area contributed by atoms with Gasteiger partial charge in [-0.05, 0) is 19.1 Å². The van der Waals surface area contributed by atoms with Crippen molar-refractivity contribution in [2.45, 2.75) is 13.0 Å². The van der Waals surface area contributed by atoms with Crippen LogP contribution in [0.4, 0.5) is 5.69 Å². The number of hydrogen-bond donors (Lipinski definition) is 1. The molecule has 7 nitrogen and oxygen atoms in total. The molecule has 0 unspecified atom stereocenters. The Morgan fingerprint density at radius 2 is 2.27 bits per heavy atom. The summed E-state index contributed by atoms with van der Waals surface area (Å²) in [5, 5.41) is 14.4. The Morgan fingerprint density at radius 3 is 2.91 bits per heavy atom. The quantitative estimate of drug-likeness (QED) is 0.631. The van der Waals surface area contributed by atoms with Crippen LogP contribution in [0.25, 0.3) is 0 Å². The Morgan fingerprint density at radius 1 is 1.50 bits per heavy atom. The number of nitro groups is 1.